The minimum Gasteiger partial charge on any atom is -0.407 e. The van der Waals surface area contributed by atoms with Crippen molar-refractivity contribution in [1.29, 1.82) is 0 Å². The minimum absolute atomic E-state index is 0.0353. The number of likely N-dealkylation sites (tertiary alicyclic amines) is 1. The molecule has 0 saturated carbocycles. The maximum Gasteiger partial charge on any atom is 0.261 e. The van der Waals surface area contributed by atoms with E-state index < -0.39 is 31.9 Å². The molecule has 1 aliphatic heterocycles. The maximum absolute atomic E-state index is 14.1. The standard InChI is InChI=1S/C44H58N4O5SSi/c1-31-39(54-30-46-31)33-24-22-32(23-25-33)28-45-41(51)37-27-34(49)29-48(37)42(52)40(43(2,3)4)47-38(50)21-15-10-16-26-53-55(44(5,6)7,35-17-11-8-12-18-35)36-19-13-9-14-20-36/h8-9,11-14,17-20,22-25,30,34,37,40,49H,10,15-16,21,26-29H2,1-7H3,(H,45,51)(H,47,50)/t34-,37+,40?/m1/s1. The first kappa shape index (κ1) is 42.0. The predicted molar refractivity (Wildman–Crippen MR) is 224 cm³/mol. The van der Waals surface area contributed by atoms with Gasteiger partial charge in [-0.25, -0.2) is 4.98 Å². The first-order valence-corrected chi connectivity index (χ1v) is 22.2. The average molecular weight is 783 g/mol. The van der Waals surface area contributed by atoms with Crippen LogP contribution in [-0.2, 0) is 25.4 Å². The van der Waals surface area contributed by atoms with Gasteiger partial charge in [-0.15, -0.1) is 11.3 Å². The van der Waals surface area contributed by atoms with Gasteiger partial charge >= 0.3 is 0 Å². The smallest absolute Gasteiger partial charge is 0.261 e. The molecule has 3 atom stereocenters. The molecule has 0 bridgehead atoms. The molecule has 1 aliphatic rings. The third kappa shape index (κ3) is 10.2. The molecule has 1 unspecified atom stereocenters. The Morgan fingerprint density at radius 3 is 2.07 bits per heavy atom. The molecular weight excluding hydrogens is 725 g/mol. The predicted octanol–water partition coefficient (Wildman–Crippen LogP) is 6.36. The summed E-state index contributed by atoms with van der Waals surface area (Å²) < 4.78 is 7.01. The zero-order valence-corrected chi connectivity index (χ0v) is 35.2. The van der Waals surface area contributed by atoms with E-state index in [4.69, 9.17) is 4.43 Å². The van der Waals surface area contributed by atoms with Gasteiger partial charge in [0.15, 0.2) is 0 Å². The lowest BCUT2D eigenvalue weighted by molar-refractivity contribution is -0.144. The molecule has 5 rings (SSSR count). The largest absolute Gasteiger partial charge is 0.407 e. The molecule has 0 radical (unpaired) electrons. The van der Waals surface area contributed by atoms with Crippen LogP contribution < -0.4 is 21.0 Å². The quantitative estimate of drug-likeness (QED) is 0.0954. The summed E-state index contributed by atoms with van der Waals surface area (Å²) in [7, 11) is -2.62. The number of thiazole rings is 1. The van der Waals surface area contributed by atoms with Crippen molar-refractivity contribution in [2.24, 2.45) is 5.41 Å². The summed E-state index contributed by atoms with van der Waals surface area (Å²) in [5.41, 5.74) is 4.18. The third-order valence-corrected chi connectivity index (χ3v) is 16.5. The minimum atomic E-state index is -2.62. The Labute approximate surface area is 332 Å². The van der Waals surface area contributed by atoms with E-state index in [1.54, 1.807) is 11.3 Å². The monoisotopic (exact) mass is 782 g/mol. The van der Waals surface area contributed by atoms with E-state index in [1.165, 1.54) is 15.3 Å². The van der Waals surface area contributed by atoms with Crippen molar-refractivity contribution in [3.63, 3.8) is 0 Å². The first-order valence-electron chi connectivity index (χ1n) is 19.4. The lowest BCUT2D eigenvalue weighted by Crippen LogP contribution is -2.66. The van der Waals surface area contributed by atoms with E-state index in [1.807, 2.05) is 69.6 Å². The fourth-order valence-electron chi connectivity index (χ4n) is 7.56. The number of aryl methyl sites for hydroxylation is 1. The molecule has 1 saturated heterocycles. The number of β-amino-alcohol motifs (C(OH)–C–C–N with tert-alkyl or cyclic N) is 1. The van der Waals surface area contributed by atoms with Crippen LogP contribution >= 0.6 is 11.3 Å². The molecule has 294 valence electrons. The molecule has 3 N–H and O–H groups in total. The van der Waals surface area contributed by atoms with Crippen molar-refractivity contribution in [2.45, 2.75) is 110 Å². The molecule has 3 amide bonds. The lowest BCUT2D eigenvalue weighted by Gasteiger charge is -2.43. The Balaban J connectivity index is 1.14. The Bertz CT molecular complexity index is 1830. The van der Waals surface area contributed by atoms with E-state index in [9.17, 15) is 19.5 Å². The highest BCUT2D eigenvalue weighted by atomic mass is 32.1. The number of aliphatic hydroxyl groups excluding tert-OH is 1. The van der Waals surface area contributed by atoms with E-state index in [0.717, 1.165) is 34.5 Å². The van der Waals surface area contributed by atoms with Crippen LogP contribution in [0.2, 0.25) is 5.04 Å². The van der Waals surface area contributed by atoms with Crippen LogP contribution in [-0.4, -0.2) is 72.4 Å². The zero-order valence-electron chi connectivity index (χ0n) is 33.4. The van der Waals surface area contributed by atoms with Crippen LogP contribution in [0.3, 0.4) is 0 Å². The number of aliphatic hydroxyl groups is 1. The Kier molecular flexibility index (Phi) is 13.9. The number of carbonyl (C=O) groups excluding carboxylic acids is 3. The van der Waals surface area contributed by atoms with Gasteiger partial charge in [-0.3, -0.25) is 14.4 Å². The molecule has 3 aromatic carbocycles. The number of amides is 3. The van der Waals surface area contributed by atoms with Gasteiger partial charge in [-0.2, -0.15) is 0 Å². The van der Waals surface area contributed by atoms with Crippen LogP contribution in [0, 0.1) is 12.3 Å². The van der Waals surface area contributed by atoms with Crippen molar-refractivity contribution < 1.29 is 23.9 Å². The number of hydrogen-bond donors (Lipinski definition) is 3. The van der Waals surface area contributed by atoms with Gasteiger partial charge in [-0.05, 0) is 51.7 Å². The molecule has 2 heterocycles. The van der Waals surface area contributed by atoms with Gasteiger partial charge in [-0.1, -0.05) is 133 Å². The van der Waals surface area contributed by atoms with Crippen LogP contribution in [0.5, 0.6) is 0 Å². The number of nitrogens with one attached hydrogen (secondary N) is 2. The fourth-order valence-corrected chi connectivity index (χ4v) is 13.0. The zero-order chi connectivity index (χ0) is 39.8. The Morgan fingerprint density at radius 2 is 1.53 bits per heavy atom. The number of hydrogen-bond acceptors (Lipinski definition) is 7. The van der Waals surface area contributed by atoms with Gasteiger partial charge in [0, 0.05) is 32.5 Å². The summed E-state index contributed by atoms with van der Waals surface area (Å²) in [4.78, 5) is 47.7. The summed E-state index contributed by atoms with van der Waals surface area (Å²) in [5, 5.41) is 18.9. The van der Waals surface area contributed by atoms with Gasteiger partial charge in [0.1, 0.15) is 12.1 Å². The average Bonchev–Trinajstić information content (AvgIpc) is 3.77. The highest BCUT2D eigenvalue weighted by Gasteiger charge is 2.50. The molecular formula is C44H58N4O5SSi. The van der Waals surface area contributed by atoms with E-state index >= 15 is 0 Å². The molecule has 11 heteroatoms. The SMILES string of the molecule is Cc1ncsc1-c1ccc(CNC(=O)[C@@H]2C[C@@H](O)CN2C(=O)C(NC(=O)CCCCCO[Si](c2ccccc2)(c2ccccc2)C(C)(C)C)C(C)(C)C)cc1. The topological polar surface area (TPSA) is 121 Å². The van der Waals surface area contributed by atoms with E-state index in [2.05, 4.69) is 84.9 Å². The summed E-state index contributed by atoms with van der Waals surface area (Å²) >= 11 is 1.59. The van der Waals surface area contributed by atoms with Gasteiger partial charge in [0.25, 0.3) is 8.32 Å². The maximum atomic E-state index is 14.1. The number of nitrogens with zero attached hydrogens (tertiary/aromatic N) is 2. The molecule has 9 nitrogen and oxygen atoms in total. The molecule has 55 heavy (non-hydrogen) atoms. The fraction of sp³-hybridized carbons (Fsp3) is 0.455. The molecule has 0 spiro atoms. The van der Waals surface area contributed by atoms with Crippen molar-refractivity contribution in [3.8, 4) is 10.4 Å². The Hall–Kier alpha value is -4.16. The lowest BCUT2D eigenvalue weighted by atomic mass is 9.85. The van der Waals surface area contributed by atoms with Crippen molar-refractivity contribution in [3.05, 3.63) is 102 Å². The van der Waals surface area contributed by atoms with E-state index in [-0.39, 0.29) is 48.7 Å². The van der Waals surface area contributed by atoms with Crippen LogP contribution in [0.25, 0.3) is 10.4 Å². The third-order valence-electron chi connectivity index (χ3n) is 10.5. The second-order valence-electron chi connectivity index (χ2n) is 16.8. The summed E-state index contributed by atoms with van der Waals surface area (Å²) in [6.45, 7) is 15.4. The molecule has 0 aliphatic carbocycles. The normalized spacial score (nSPS) is 16.8. The van der Waals surface area contributed by atoms with Crippen molar-refractivity contribution >= 4 is 47.7 Å². The number of carbonyl (C=O) groups is 3. The highest BCUT2D eigenvalue weighted by molar-refractivity contribution is 7.13. The second kappa shape index (κ2) is 18.2. The molecule has 1 fully saturated rings. The number of aromatic nitrogens is 1. The number of benzene rings is 3. The molecule has 4 aromatic rings. The van der Waals surface area contributed by atoms with Crippen LogP contribution in [0.4, 0.5) is 0 Å². The van der Waals surface area contributed by atoms with Crippen molar-refractivity contribution in [2.75, 3.05) is 13.2 Å². The number of rotatable bonds is 15. The first-order chi connectivity index (χ1) is 26.1. The summed E-state index contributed by atoms with van der Waals surface area (Å²) in [5.74, 6) is -0.897. The molecule has 1 aromatic heterocycles. The van der Waals surface area contributed by atoms with Crippen LogP contribution in [0.15, 0.2) is 90.4 Å². The van der Waals surface area contributed by atoms with Gasteiger partial charge in [0.2, 0.25) is 17.7 Å². The summed E-state index contributed by atoms with van der Waals surface area (Å²) in [6, 6.07) is 27.4. The van der Waals surface area contributed by atoms with Gasteiger partial charge in [0.05, 0.1) is 22.2 Å². The van der Waals surface area contributed by atoms with Gasteiger partial charge < -0.3 is 25.1 Å². The van der Waals surface area contributed by atoms with Crippen LogP contribution in [0.1, 0.15) is 84.9 Å². The second-order valence-corrected chi connectivity index (χ2v) is 21.9. The number of unbranched alkanes of at least 4 members (excludes halogenated alkanes) is 2. The van der Waals surface area contributed by atoms with E-state index in [0.29, 0.717) is 13.0 Å². The van der Waals surface area contributed by atoms with Crippen molar-refractivity contribution in [1.82, 2.24) is 20.5 Å². The highest BCUT2D eigenvalue weighted by Crippen LogP contribution is 2.37. The summed E-state index contributed by atoms with van der Waals surface area (Å²) in [6.07, 6.45) is 1.84. The Morgan fingerprint density at radius 1 is 0.909 bits per heavy atom.